The van der Waals surface area contributed by atoms with Crippen LogP contribution in [0.4, 0.5) is 0 Å². The topological polar surface area (TPSA) is 49.3 Å². The van der Waals surface area contributed by atoms with Gasteiger partial charge in [0, 0.05) is 5.92 Å². The van der Waals surface area contributed by atoms with E-state index in [1.165, 1.54) is 0 Å². The molecule has 80 valence electrons. The lowest BCUT2D eigenvalue weighted by molar-refractivity contribution is -0.124. The van der Waals surface area contributed by atoms with Gasteiger partial charge in [-0.05, 0) is 25.2 Å². The molecule has 1 amide bonds. The van der Waals surface area contributed by atoms with Crippen molar-refractivity contribution < 1.29 is 9.90 Å². The molecule has 2 saturated carbocycles. The van der Waals surface area contributed by atoms with E-state index >= 15 is 0 Å². The molecule has 3 heteroatoms. The molecular weight excluding hydrogens is 178 g/mol. The molecular formula is C11H19NO2. The zero-order valence-corrected chi connectivity index (χ0v) is 8.70. The molecule has 0 saturated heterocycles. The highest BCUT2D eigenvalue weighted by Crippen LogP contribution is 2.38. The second kappa shape index (κ2) is 3.89. The summed E-state index contributed by atoms with van der Waals surface area (Å²) < 4.78 is 0. The Balaban J connectivity index is 1.80. The maximum atomic E-state index is 11.6. The average Bonchev–Trinajstić information content (AvgIpc) is 2.87. The van der Waals surface area contributed by atoms with E-state index in [9.17, 15) is 9.90 Å². The van der Waals surface area contributed by atoms with Crippen LogP contribution >= 0.6 is 0 Å². The zero-order valence-electron chi connectivity index (χ0n) is 8.70. The molecule has 0 aromatic rings. The van der Waals surface area contributed by atoms with Crippen LogP contribution in [0.3, 0.4) is 0 Å². The van der Waals surface area contributed by atoms with Crippen LogP contribution in [-0.2, 0) is 4.79 Å². The summed E-state index contributed by atoms with van der Waals surface area (Å²) >= 11 is 0. The molecule has 0 bridgehead atoms. The number of aliphatic hydroxyl groups is 1. The van der Waals surface area contributed by atoms with E-state index in [1.54, 1.807) is 0 Å². The third kappa shape index (κ3) is 2.08. The van der Waals surface area contributed by atoms with E-state index in [0.717, 1.165) is 32.1 Å². The van der Waals surface area contributed by atoms with E-state index in [0.29, 0.717) is 5.92 Å². The maximum absolute atomic E-state index is 11.6. The second-order valence-electron chi connectivity index (χ2n) is 4.79. The summed E-state index contributed by atoms with van der Waals surface area (Å²) in [7, 11) is 0. The first-order chi connectivity index (χ1) is 6.68. The minimum atomic E-state index is -0.318. The summed E-state index contributed by atoms with van der Waals surface area (Å²) in [5.74, 6) is 0.934. The average molecular weight is 197 g/mol. The van der Waals surface area contributed by atoms with Gasteiger partial charge in [0.25, 0.3) is 0 Å². The van der Waals surface area contributed by atoms with Crippen LogP contribution in [-0.4, -0.2) is 23.2 Å². The molecule has 2 N–H and O–H groups in total. The summed E-state index contributed by atoms with van der Waals surface area (Å²) in [5.41, 5.74) is 0. The van der Waals surface area contributed by atoms with Gasteiger partial charge in [-0.2, -0.15) is 0 Å². The molecule has 2 rings (SSSR count). The van der Waals surface area contributed by atoms with Gasteiger partial charge in [0.2, 0.25) is 5.91 Å². The number of hydrogen-bond acceptors (Lipinski definition) is 2. The van der Waals surface area contributed by atoms with Gasteiger partial charge in [-0.1, -0.05) is 19.8 Å². The third-order valence-electron chi connectivity index (χ3n) is 3.50. The van der Waals surface area contributed by atoms with Crippen molar-refractivity contribution in [2.45, 2.75) is 51.2 Å². The molecule has 2 unspecified atom stereocenters. The van der Waals surface area contributed by atoms with Gasteiger partial charge >= 0.3 is 0 Å². The van der Waals surface area contributed by atoms with Crippen LogP contribution in [0.1, 0.15) is 39.0 Å². The SMILES string of the molecule is CC1CC1C(=O)N[C@H]1CCCC[C@@H]1O. The lowest BCUT2D eigenvalue weighted by atomic mass is 9.92. The highest BCUT2D eigenvalue weighted by atomic mass is 16.3. The molecule has 0 aliphatic heterocycles. The normalized spacial score (nSPS) is 41.9. The Bertz CT molecular complexity index is 229. The number of nitrogens with one attached hydrogen (secondary N) is 1. The summed E-state index contributed by atoms with van der Waals surface area (Å²) in [6, 6.07) is 0.0176. The maximum Gasteiger partial charge on any atom is 0.223 e. The summed E-state index contributed by atoms with van der Waals surface area (Å²) in [4.78, 5) is 11.6. The number of hydrogen-bond donors (Lipinski definition) is 2. The van der Waals surface area contributed by atoms with Crippen molar-refractivity contribution >= 4 is 5.91 Å². The third-order valence-corrected chi connectivity index (χ3v) is 3.50. The molecule has 0 aromatic heterocycles. The van der Waals surface area contributed by atoms with E-state index < -0.39 is 0 Å². The molecule has 3 nitrogen and oxygen atoms in total. The van der Waals surface area contributed by atoms with Crippen molar-refractivity contribution in [2.75, 3.05) is 0 Å². The van der Waals surface area contributed by atoms with Crippen LogP contribution in [0, 0.1) is 11.8 Å². The first kappa shape index (κ1) is 9.97. The minimum Gasteiger partial charge on any atom is -0.391 e. The number of carbonyl (C=O) groups excluding carboxylic acids is 1. The molecule has 2 aliphatic carbocycles. The molecule has 0 aromatic carbocycles. The van der Waals surface area contributed by atoms with Crippen molar-refractivity contribution in [3.8, 4) is 0 Å². The lowest BCUT2D eigenvalue weighted by Gasteiger charge is -2.28. The standard InChI is InChI=1S/C11H19NO2/c1-7-6-8(7)11(14)12-9-4-2-3-5-10(9)13/h7-10,13H,2-6H2,1H3,(H,12,14)/t7?,8?,9-,10-/m0/s1. The van der Waals surface area contributed by atoms with Crippen LogP contribution in [0.5, 0.6) is 0 Å². The summed E-state index contributed by atoms with van der Waals surface area (Å²) in [6.07, 6.45) is 4.70. The first-order valence-corrected chi connectivity index (χ1v) is 5.67. The molecule has 4 atom stereocenters. The Morgan fingerprint density at radius 2 is 2.00 bits per heavy atom. The molecule has 2 fully saturated rings. The van der Waals surface area contributed by atoms with E-state index in [1.807, 2.05) is 0 Å². The summed E-state index contributed by atoms with van der Waals surface area (Å²) in [6.45, 7) is 2.10. The number of rotatable bonds is 2. The van der Waals surface area contributed by atoms with Crippen molar-refractivity contribution in [1.29, 1.82) is 0 Å². The van der Waals surface area contributed by atoms with Crippen molar-refractivity contribution in [1.82, 2.24) is 5.32 Å². The van der Waals surface area contributed by atoms with Crippen LogP contribution in [0.25, 0.3) is 0 Å². The smallest absolute Gasteiger partial charge is 0.223 e. The molecule has 0 spiro atoms. The van der Waals surface area contributed by atoms with E-state index in [2.05, 4.69) is 12.2 Å². The fraction of sp³-hybridized carbons (Fsp3) is 0.909. The fourth-order valence-electron chi connectivity index (χ4n) is 2.26. The van der Waals surface area contributed by atoms with Crippen LogP contribution in [0.15, 0.2) is 0 Å². The molecule has 0 radical (unpaired) electrons. The first-order valence-electron chi connectivity index (χ1n) is 5.67. The van der Waals surface area contributed by atoms with Crippen LogP contribution < -0.4 is 5.32 Å². The Morgan fingerprint density at radius 1 is 1.36 bits per heavy atom. The van der Waals surface area contributed by atoms with E-state index in [4.69, 9.17) is 0 Å². The largest absolute Gasteiger partial charge is 0.391 e. The molecule has 2 aliphatic rings. The van der Waals surface area contributed by atoms with Gasteiger partial charge < -0.3 is 10.4 Å². The number of amides is 1. The summed E-state index contributed by atoms with van der Waals surface area (Å²) in [5, 5.41) is 12.6. The fourth-order valence-corrected chi connectivity index (χ4v) is 2.26. The van der Waals surface area contributed by atoms with Gasteiger partial charge in [0.1, 0.15) is 0 Å². The minimum absolute atomic E-state index is 0.0176. The van der Waals surface area contributed by atoms with Crippen LogP contribution in [0.2, 0.25) is 0 Å². The Hall–Kier alpha value is -0.570. The monoisotopic (exact) mass is 197 g/mol. The predicted octanol–water partition coefficient (Wildman–Crippen LogP) is 1.06. The quantitative estimate of drug-likeness (QED) is 0.695. The zero-order chi connectivity index (χ0) is 10.1. The predicted molar refractivity (Wildman–Crippen MR) is 53.7 cm³/mol. The van der Waals surface area contributed by atoms with Gasteiger partial charge in [-0.3, -0.25) is 4.79 Å². The van der Waals surface area contributed by atoms with Gasteiger partial charge in [0.05, 0.1) is 12.1 Å². The van der Waals surface area contributed by atoms with Crippen molar-refractivity contribution in [3.63, 3.8) is 0 Å². The highest BCUT2D eigenvalue weighted by Gasteiger charge is 2.40. The molecule has 14 heavy (non-hydrogen) atoms. The Kier molecular flexibility index (Phi) is 2.77. The van der Waals surface area contributed by atoms with Crippen molar-refractivity contribution in [2.24, 2.45) is 11.8 Å². The van der Waals surface area contributed by atoms with E-state index in [-0.39, 0.29) is 24.0 Å². The lowest BCUT2D eigenvalue weighted by Crippen LogP contribution is -2.45. The van der Waals surface area contributed by atoms with Crippen molar-refractivity contribution in [3.05, 3.63) is 0 Å². The van der Waals surface area contributed by atoms with Gasteiger partial charge in [0.15, 0.2) is 0 Å². The Labute approximate surface area is 84.9 Å². The molecule has 0 heterocycles. The van der Waals surface area contributed by atoms with Gasteiger partial charge in [-0.25, -0.2) is 0 Å². The number of carbonyl (C=O) groups is 1. The number of aliphatic hydroxyl groups excluding tert-OH is 1. The van der Waals surface area contributed by atoms with Gasteiger partial charge in [-0.15, -0.1) is 0 Å². The highest BCUT2D eigenvalue weighted by molar-refractivity contribution is 5.81. The second-order valence-corrected chi connectivity index (χ2v) is 4.79. The Morgan fingerprint density at radius 3 is 2.57 bits per heavy atom.